The van der Waals surface area contributed by atoms with Crippen LogP contribution in [0.3, 0.4) is 0 Å². The molecular weight excluding hydrogens is 368 g/mol. The summed E-state index contributed by atoms with van der Waals surface area (Å²) in [6, 6.07) is 7.04. The Hall–Kier alpha value is -1.63. The van der Waals surface area contributed by atoms with E-state index < -0.39 is 6.10 Å². The maximum atomic E-state index is 11.7. The molecule has 0 unspecified atom stereocenters. The van der Waals surface area contributed by atoms with Gasteiger partial charge < -0.3 is 24.4 Å². The summed E-state index contributed by atoms with van der Waals surface area (Å²) in [5, 5.41) is 10.7. The first-order chi connectivity index (χ1) is 14.1. The molecule has 1 N–H and O–H groups in total. The minimum Gasteiger partial charge on any atom is -0.488 e. The fourth-order valence-corrected chi connectivity index (χ4v) is 5.25. The quantitative estimate of drug-likeness (QED) is 0.738. The van der Waals surface area contributed by atoms with Gasteiger partial charge in [-0.15, -0.1) is 0 Å². The van der Waals surface area contributed by atoms with Gasteiger partial charge in [-0.1, -0.05) is 12.5 Å². The molecule has 29 heavy (non-hydrogen) atoms. The second kappa shape index (κ2) is 9.45. The number of methoxy groups -OCH3 is 1. The molecule has 2 heterocycles. The van der Waals surface area contributed by atoms with Gasteiger partial charge in [0.2, 0.25) is 0 Å². The fourth-order valence-electron chi connectivity index (χ4n) is 5.25. The molecule has 160 valence electrons. The number of likely N-dealkylation sites (tertiary alicyclic amines) is 2. The van der Waals surface area contributed by atoms with Crippen LogP contribution in [0.4, 0.5) is 0 Å². The molecule has 6 heteroatoms. The normalized spacial score (nSPS) is 30.7. The number of ether oxygens (including phenoxy) is 2. The third-order valence-corrected chi connectivity index (χ3v) is 6.88. The average Bonchev–Trinajstić information content (AvgIpc) is 3.14. The second-order valence-corrected chi connectivity index (χ2v) is 8.90. The Morgan fingerprint density at radius 1 is 1.07 bits per heavy atom. The maximum absolute atomic E-state index is 11.7. The summed E-state index contributed by atoms with van der Waals surface area (Å²) in [5.41, 5.74) is 0.470. The van der Waals surface area contributed by atoms with Crippen molar-refractivity contribution in [3.8, 4) is 5.75 Å². The molecule has 1 saturated carbocycles. The van der Waals surface area contributed by atoms with Crippen molar-refractivity contribution in [1.82, 2.24) is 9.80 Å². The highest BCUT2D eigenvalue weighted by molar-refractivity contribution is 5.89. The highest BCUT2D eigenvalue weighted by atomic mass is 16.5. The van der Waals surface area contributed by atoms with E-state index in [9.17, 15) is 9.90 Å². The fraction of sp³-hybridized carbons (Fsp3) is 0.696. The van der Waals surface area contributed by atoms with E-state index in [4.69, 9.17) is 9.47 Å². The predicted molar refractivity (Wildman–Crippen MR) is 111 cm³/mol. The first-order valence-electron chi connectivity index (χ1n) is 11.1. The Labute approximate surface area is 173 Å². The molecule has 3 aliphatic rings. The first kappa shape index (κ1) is 20.6. The molecule has 2 aliphatic heterocycles. The molecule has 1 aromatic rings. The van der Waals surface area contributed by atoms with Crippen LogP contribution in [0.15, 0.2) is 24.3 Å². The standard InChI is InChI=1S/C23H34N2O4/c1-28-23(27)17-6-5-7-20(12-17)29-22-14-19-16-25(15-18(19)13-21(22)26)11-10-24-8-3-2-4-9-24/h5-7,12,18-19,21-22,26H,2-4,8-11,13-16H2,1H3/t18-,19+,21+,22+/m0/s1. The molecule has 0 radical (unpaired) electrons. The van der Waals surface area contributed by atoms with Gasteiger partial charge in [0.1, 0.15) is 11.9 Å². The third-order valence-electron chi connectivity index (χ3n) is 6.88. The van der Waals surface area contributed by atoms with Crippen LogP contribution in [0.1, 0.15) is 42.5 Å². The lowest BCUT2D eigenvalue weighted by atomic mass is 9.78. The Balaban J connectivity index is 1.30. The third kappa shape index (κ3) is 5.11. The average molecular weight is 403 g/mol. The second-order valence-electron chi connectivity index (χ2n) is 8.90. The van der Waals surface area contributed by atoms with Crippen LogP contribution in [0.5, 0.6) is 5.75 Å². The van der Waals surface area contributed by atoms with Crippen molar-refractivity contribution in [1.29, 1.82) is 0 Å². The number of hydrogen-bond donors (Lipinski definition) is 1. The van der Waals surface area contributed by atoms with Gasteiger partial charge in [-0.05, 0) is 68.8 Å². The van der Waals surface area contributed by atoms with Crippen LogP contribution in [0, 0.1) is 11.8 Å². The number of carbonyl (C=O) groups is 1. The number of fused-ring (bicyclic) bond motifs is 1. The van der Waals surface area contributed by atoms with E-state index in [0.29, 0.717) is 23.1 Å². The SMILES string of the molecule is COC(=O)c1cccc(O[C@@H]2C[C@@H]3CN(CCN4CCCCC4)C[C@@H]3C[C@H]2O)c1. The number of carbonyl (C=O) groups excluding carboxylic acids is 1. The summed E-state index contributed by atoms with van der Waals surface area (Å²) in [5.74, 6) is 1.39. The number of hydrogen-bond acceptors (Lipinski definition) is 6. The van der Waals surface area contributed by atoms with E-state index >= 15 is 0 Å². The minimum absolute atomic E-state index is 0.216. The van der Waals surface area contributed by atoms with E-state index in [1.807, 2.05) is 6.07 Å². The largest absolute Gasteiger partial charge is 0.488 e. The predicted octanol–water partition coefficient (Wildman–Crippen LogP) is 2.41. The van der Waals surface area contributed by atoms with Gasteiger partial charge in [-0.2, -0.15) is 0 Å². The van der Waals surface area contributed by atoms with Gasteiger partial charge in [0.05, 0.1) is 18.8 Å². The van der Waals surface area contributed by atoms with Crippen LogP contribution in [-0.4, -0.2) is 79.5 Å². The molecule has 3 fully saturated rings. The number of esters is 1. The molecule has 0 amide bonds. The van der Waals surface area contributed by atoms with Gasteiger partial charge in [0, 0.05) is 26.2 Å². The zero-order chi connectivity index (χ0) is 20.2. The summed E-state index contributed by atoms with van der Waals surface area (Å²) in [7, 11) is 1.37. The Kier molecular flexibility index (Phi) is 6.73. The lowest BCUT2D eigenvalue weighted by Crippen LogP contribution is -2.42. The monoisotopic (exact) mass is 402 g/mol. The number of nitrogens with zero attached hydrogens (tertiary/aromatic N) is 2. The van der Waals surface area contributed by atoms with Crippen LogP contribution in [0.2, 0.25) is 0 Å². The van der Waals surface area contributed by atoms with Crippen molar-refractivity contribution in [3.05, 3.63) is 29.8 Å². The van der Waals surface area contributed by atoms with Gasteiger partial charge in [0.25, 0.3) is 0 Å². The maximum Gasteiger partial charge on any atom is 0.337 e. The van der Waals surface area contributed by atoms with Crippen molar-refractivity contribution in [2.45, 2.75) is 44.3 Å². The molecule has 4 atom stereocenters. The van der Waals surface area contributed by atoms with Crippen LogP contribution in [0.25, 0.3) is 0 Å². The highest BCUT2D eigenvalue weighted by Gasteiger charge is 2.42. The molecule has 0 aromatic heterocycles. The van der Waals surface area contributed by atoms with Crippen molar-refractivity contribution < 1.29 is 19.4 Å². The lowest BCUT2D eigenvalue weighted by molar-refractivity contribution is -0.0231. The molecule has 6 nitrogen and oxygen atoms in total. The van der Waals surface area contributed by atoms with Crippen molar-refractivity contribution >= 4 is 5.97 Å². The molecule has 1 aromatic carbocycles. The van der Waals surface area contributed by atoms with Crippen molar-refractivity contribution in [2.24, 2.45) is 11.8 Å². The molecule has 1 aliphatic carbocycles. The molecule has 2 saturated heterocycles. The summed E-state index contributed by atoms with van der Waals surface area (Å²) in [6.45, 7) is 7.01. The molecule has 0 spiro atoms. The summed E-state index contributed by atoms with van der Waals surface area (Å²) in [6.07, 6.45) is 5.06. The van der Waals surface area contributed by atoms with Gasteiger partial charge >= 0.3 is 5.97 Å². The Bertz CT molecular complexity index is 691. The van der Waals surface area contributed by atoms with Crippen molar-refractivity contribution in [3.63, 3.8) is 0 Å². The zero-order valence-corrected chi connectivity index (χ0v) is 17.5. The topological polar surface area (TPSA) is 62.2 Å². The minimum atomic E-state index is -0.458. The van der Waals surface area contributed by atoms with E-state index in [-0.39, 0.29) is 12.1 Å². The highest BCUT2D eigenvalue weighted by Crippen LogP contribution is 2.38. The summed E-state index contributed by atoms with van der Waals surface area (Å²) < 4.78 is 10.9. The van der Waals surface area contributed by atoms with Gasteiger partial charge in [0.15, 0.2) is 0 Å². The smallest absolute Gasteiger partial charge is 0.337 e. The van der Waals surface area contributed by atoms with Gasteiger partial charge in [-0.3, -0.25) is 0 Å². The number of aliphatic hydroxyl groups is 1. The first-order valence-corrected chi connectivity index (χ1v) is 11.1. The van der Waals surface area contributed by atoms with Crippen LogP contribution < -0.4 is 4.74 Å². The lowest BCUT2D eigenvalue weighted by Gasteiger charge is -2.35. The van der Waals surface area contributed by atoms with E-state index in [2.05, 4.69) is 9.80 Å². The Morgan fingerprint density at radius 3 is 2.55 bits per heavy atom. The Morgan fingerprint density at radius 2 is 1.79 bits per heavy atom. The van der Waals surface area contributed by atoms with Gasteiger partial charge in [-0.25, -0.2) is 4.79 Å². The summed E-state index contributed by atoms with van der Waals surface area (Å²) in [4.78, 5) is 16.9. The van der Waals surface area contributed by atoms with Crippen molar-refractivity contribution in [2.75, 3.05) is 46.4 Å². The molecular formula is C23H34N2O4. The molecule has 0 bridgehead atoms. The van der Waals surface area contributed by atoms with E-state index in [0.717, 1.165) is 32.5 Å². The number of aliphatic hydroxyl groups excluding tert-OH is 1. The number of benzene rings is 1. The van der Waals surface area contributed by atoms with Crippen LogP contribution in [-0.2, 0) is 4.74 Å². The van der Waals surface area contributed by atoms with Crippen LogP contribution >= 0.6 is 0 Å². The van der Waals surface area contributed by atoms with E-state index in [1.54, 1.807) is 18.2 Å². The molecule has 4 rings (SSSR count). The number of rotatable bonds is 6. The zero-order valence-electron chi connectivity index (χ0n) is 17.5. The van der Waals surface area contributed by atoms with E-state index in [1.165, 1.54) is 46.0 Å². The number of piperidine rings is 1. The summed E-state index contributed by atoms with van der Waals surface area (Å²) >= 11 is 0.